The molecule has 0 saturated heterocycles. The van der Waals surface area contributed by atoms with Gasteiger partial charge in [0.1, 0.15) is 0 Å². The third-order valence-corrected chi connectivity index (χ3v) is 5.14. The van der Waals surface area contributed by atoms with Gasteiger partial charge in [-0.3, -0.25) is 4.68 Å². The fourth-order valence-electron chi connectivity index (χ4n) is 1.94. The smallest absolute Gasteiger partial charge is 0.240 e. The van der Waals surface area contributed by atoms with Gasteiger partial charge in [-0.05, 0) is 30.7 Å². The van der Waals surface area contributed by atoms with Crippen LogP contribution in [0.2, 0.25) is 0 Å². The summed E-state index contributed by atoms with van der Waals surface area (Å²) in [4.78, 5) is 0.190. The van der Waals surface area contributed by atoms with Crippen molar-refractivity contribution in [1.29, 1.82) is 0 Å². The lowest BCUT2D eigenvalue weighted by molar-refractivity contribution is 0.580. The summed E-state index contributed by atoms with van der Waals surface area (Å²) in [7, 11) is -1.77. The van der Waals surface area contributed by atoms with E-state index < -0.39 is 10.0 Å². The Morgan fingerprint density at radius 2 is 2.14 bits per heavy atom. The fraction of sp³-hybridized carbons (Fsp3) is 0.308. The standard InChI is InChI=1S/C13H17BrN4O2S/c1-9-12(15)7-10(14)8-13(9)21(19,20)16-5-3-11-4-6-18(2)17-11/h4,6-8,16H,3,5,15H2,1-2H3. The van der Waals surface area contributed by atoms with Gasteiger partial charge in [-0.25, -0.2) is 13.1 Å². The van der Waals surface area contributed by atoms with E-state index in [2.05, 4.69) is 25.8 Å². The number of benzene rings is 1. The summed E-state index contributed by atoms with van der Waals surface area (Å²) < 4.78 is 29.6. The lowest BCUT2D eigenvalue weighted by atomic mass is 10.2. The number of sulfonamides is 1. The molecule has 0 atom stereocenters. The molecule has 0 aliphatic carbocycles. The number of anilines is 1. The molecule has 0 aliphatic rings. The second-order valence-electron chi connectivity index (χ2n) is 4.75. The van der Waals surface area contributed by atoms with Crippen molar-refractivity contribution < 1.29 is 8.42 Å². The Balaban J connectivity index is 2.12. The number of hydrogen-bond acceptors (Lipinski definition) is 4. The predicted octanol–water partition coefficient (Wildman–Crippen LogP) is 1.59. The summed E-state index contributed by atoms with van der Waals surface area (Å²) in [5.74, 6) is 0. The quantitative estimate of drug-likeness (QED) is 0.779. The minimum atomic E-state index is -3.59. The Labute approximate surface area is 132 Å². The molecule has 114 valence electrons. The van der Waals surface area contributed by atoms with Crippen molar-refractivity contribution >= 4 is 31.6 Å². The van der Waals surface area contributed by atoms with E-state index in [0.29, 0.717) is 22.1 Å². The maximum atomic E-state index is 12.3. The first-order valence-corrected chi connectivity index (χ1v) is 8.61. The van der Waals surface area contributed by atoms with E-state index in [1.54, 1.807) is 23.7 Å². The molecule has 8 heteroatoms. The van der Waals surface area contributed by atoms with Crippen LogP contribution in [0.4, 0.5) is 5.69 Å². The molecular weight excluding hydrogens is 356 g/mol. The molecule has 2 rings (SSSR count). The van der Waals surface area contributed by atoms with Crippen LogP contribution in [0, 0.1) is 6.92 Å². The predicted molar refractivity (Wildman–Crippen MR) is 85.4 cm³/mol. The third kappa shape index (κ3) is 3.84. The number of nitrogens with zero attached hydrogens (tertiary/aromatic N) is 2. The highest BCUT2D eigenvalue weighted by atomic mass is 79.9. The zero-order chi connectivity index (χ0) is 15.6. The number of halogens is 1. The van der Waals surface area contributed by atoms with Crippen molar-refractivity contribution in [3.8, 4) is 0 Å². The lowest BCUT2D eigenvalue weighted by Crippen LogP contribution is -2.27. The van der Waals surface area contributed by atoms with E-state index in [1.165, 1.54) is 0 Å². The summed E-state index contributed by atoms with van der Waals surface area (Å²) in [5, 5.41) is 4.20. The first kappa shape index (κ1) is 16.0. The number of aromatic nitrogens is 2. The molecule has 21 heavy (non-hydrogen) atoms. The normalized spacial score (nSPS) is 11.8. The second-order valence-corrected chi connectivity index (χ2v) is 7.40. The van der Waals surface area contributed by atoms with E-state index in [-0.39, 0.29) is 11.4 Å². The number of aryl methyl sites for hydroxylation is 1. The highest BCUT2D eigenvalue weighted by Gasteiger charge is 2.18. The molecule has 1 aromatic carbocycles. The monoisotopic (exact) mass is 372 g/mol. The van der Waals surface area contributed by atoms with E-state index in [1.807, 2.05) is 19.3 Å². The van der Waals surface area contributed by atoms with E-state index in [0.717, 1.165) is 5.69 Å². The Morgan fingerprint density at radius 1 is 1.43 bits per heavy atom. The van der Waals surface area contributed by atoms with Gasteiger partial charge in [0.25, 0.3) is 0 Å². The molecule has 1 heterocycles. The second kappa shape index (κ2) is 6.17. The molecule has 6 nitrogen and oxygen atoms in total. The average Bonchev–Trinajstić information content (AvgIpc) is 2.79. The number of nitrogen functional groups attached to an aromatic ring is 1. The van der Waals surface area contributed by atoms with Crippen molar-refractivity contribution in [1.82, 2.24) is 14.5 Å². The zero-order valence-corrected chi connectivity index (χ0v) is 14.2. The van der Waals surface area contributed by atoms with E-state index in [9.17, 15) is 8.42 Å². The highest BCUT2D eigenvalue weighted by molar-refractivity contribution is 9.10. The lowest BCUT2D eigenvalue weighted by Gasteiger charge is -2.11. The molecular formula is C13H17BrN4O2S. The minimum Gasteiger partial charge on any atom is -0.398 e. The summed E-state index contributed by atoms with van der Waals surface area (Å²) in [6.45, 7) is 1.97. The van der Waals surface area contributed by atoms with Crippen molar-refractivity contribution in [3.63, 3.8) is 0 Å². The molecule has 1 aromatic heterocycles. The van der Waals surface area contributed by atoms with Crippen LogP contribution in [0.1, 0.15) is 11.3 Å². The molecule has 0 fully saturated rings. The largest absolute Gasteiger partial charge is 0.398 e. The van der Waals surface area contributed by atoms with Crippen LogP contribution in [0.5, 0.6) is 0 Å². The number of hydrogen-bond donors (Lipinski definition) is 2. The van der Waals surface area contributed by atoms with Crippen LogP contribution < -0.4 is 10.5 Å². The Hall–Kier alpha value is -1.38. The minimum absolute atomic E-state index is 0.190. The SMILES string of the molecule is Cc1c(N)cc(Br)cc1S(=O)(=O)NCCc1ccn(C)n1. The third-order valence-electron chi connectivity index (χ3n) is 3.10. The molecule has 0 radical (unpaired) electrons. The number of nitrogens with one attached hydrogen (secondary N) is 1. The van der Waals surface area contributed by atoms with Crippen LogP contribution in [-0.2, 0) is 23.5 Å². The van der Waals surface area contributed by atoms with Gasteiger partial charge in [0, 0.05) is 36.4 Å². The Kier molecular flexibility index (Phi) is 4.70. The van der Waals surface area contributed by atoms with Crippen LogP contribution >= 0.6 is 15.9 Å². The van der Waals surface area contributed by atoms with Gasteiger partial charge in [0.15, 0.2) is 0 Å². The van der Waals surface area contributed by atoms with Crippen LogP contribution in [0.15, 0.2) is 33.8 Å². The topological polar surface area (TPSA) is 90.0 Å². The van der Waals surface area contributed by atoms with Gasteiger partial charge in [-0.15, -0.1) is 0 Å². The first-order valence-electron chi connectivity index (χ1n) is 6.33. The van der Waals surface area contributed by atoms with Crippen molar-refractivity contribution in [2.24, 2.45) is 7.05 Å². The molecule has 0 spiro atoms. The van der Waals surface area contributed by atoms with E-state index >= 15 is 0 Å². The molecule has 2 aromatic rings. The average molecular weight is 373 g/mol. The summed E-state index contributed by atoms with van der Waals surface area (Å²) in [6, 6.07) is 5.09. The highest BCUT2D eigenvalue weighted by Crippen LogP contribution is 2.26. The molecule has 0 amide bonds. The first-order chi connectivity index (χ1) is 9.79. The van der Waals surface area contributed by atoms with Gasteiger partial charge in [-0.2, -0.15) is 5.10 Å². The molecule has 0 saturated carbocycles. The maximum Gasteiger partial charge on any atom is 0.240 e. The van der Waals surface area contributed by atoms with Crippen molar-refractivity contribution in [3.05, 3.63) is 40.1 Å². The van der Waals surface area contributed by atoms with Gasteiger partial charge >= 0.3 is 0 Å². The summed E-state index contributed by atoms with van der Waals surface area (Å²) >= 11 is 3.26. The van der Waals surface area contributed by atoms with Crippen LogP contribution in [0.25, 0.3) is 0 Å². The fourth-order valence-corrected chi connectivity index (χ4v) is 3.90. The van der Waals surface area contributed by atoms with Crippen molar-refractivity contribution in [2.75, 3.05) is 12.3 Å². The Bertz CT molecular complexity index is 756. The van der Waals surface area contributed by atoms with Crippen molar-refractivity contribution in [2.45, 2.75) is 18.2 Å². The molecule has 0 aliphatic heterocycles. The molecule has 0 bridgehead atoms. The van der Waals surface area contributed by atoms with Crippen LogP contribution in [0.3, 0.4) is 0 Å². The number of rotatable bonds is 5. The summed E-state index contributed by atoms with van der Waals surface area (Å²) in [6.07, 6.45) is 2.35. The summed E-state index contributed by atoms with van der Waals surface area (Å²) in [5.41, 5.74) is 7.63. The van der Waals surface area contributed by atoms with Gasteiger partial charge < -0.3 is 5.73 Å². The van der Waals surface area contributed by atoms with Gasteiger partial charge in [0.05, 0.1) is 10.6 Å². The Morgan fingerprint density at radius 3 is 2.76 bits per heavy atom. The molecule has 0 unspecified atom stereocenters. The van der Waals surface area contributed by atoms with Crippen LogP contribution in [-0.4, -0.2) is 24.7 Å². The molecule has 3 N–H and O–H groups in total. The number of nitrogens with two attached hydrogens (primary N) is 1. The van der Waals surface area contributed by atoms with Gasteiger partial charge in [-0.1, -0.05) is 15.9 Å². The maximum absolute atomic E-state index is 12.3. The van der Waals surface area contributed by atoms with E-state index in [4.69, 9.17) is 5.73 Å². The van der Waals surface area contributed by atoms with Gasteiger partial charge in [0.2, 0.25) is 10.0 Å². The zero-order valence-electron chi connectivity index (χ0n) is 11.8.